The van der Waals surface area contributed by atoms with Gasteiger partial charge in [0, 0.05) is 12.8 Å². The summed E-state index contributed by atoms with van der Waals surface area (Å²) in [6, 6.07) is 4.17. The Morgan fingerprint density at radius 2 is 1.72 bits per heavy atom. The maximum atomic E-state index is 5.94. The molecule has 1 aromatic carbocycles. The van der Waals surface area contributed by atoms with Gasteiger partial charge in [-0.1, -0.05) is 74.1 Å². The average Bonchev–Trinajstić information content (AvgIpc) is 2.75. The van der Waals surface area contributed by atoms with E-state index in [1.165, 1.54) is 37.7 Å². The van der Waals surface area contributed by atoms with E-state index in [1.807, 2.05) is 40.0 Å². The Balaban J connectivity index is 0.000000752. The van der Waals surface area contributed by atoms with E-state index in [1.54, 1.807) is 7.11 Å². The monoisotopic (exact) mass is 405 g/mol. The molecule has 0 radical (unpaired) electrons. The molecule has 168 valence electrons. The topological polar surface area (TPSA) is 30.8 Å². The second-order valence-corrected chi connectivity index (χ2v) is 7.58. The minimum Gasteiger partial charge on any atom is -0.493 e. The molecule has 1 fully saturated rings. The van der Waals surface area contributed by atoms with Crippen molar-refractivity contribution in [3.05, 3.63) is 23.3 Å². The Labute approximate surface area is 181 Å². The highest BCUT2D eigenvalue weighted by atomic mass is 16.5. The summed E-state index contributed by atoms with van der Waals surface area (Å²) in [5.74, 6) is 3.55. The lowest BCUT2D eigenvalue weighted by Gasteiger charge is -2.25. The van der Waals surface area contributed by atoms with Gasteiger partial charge in [-0.2, -0.15) is 0 Å². The van der Waals surface area contributed by atoms with Crippen molar-refractivity contribution in [2.24, 2.45) is 16.8 Å². The van der Waals surface area contributed by atoms with Crippen LogP contribution in [0.4, 0.5) is 0 Å². The lowest BCUT2D eigenvalue weighted by Crippen LogP contribution is -2.12. The van der Waals surface area contributed by atoms with Crippen LogP contribution in [-0.2, 0) is 6.42 Å². The van der Waals surface area contributed by atoms with Gasteiger partial charge in [-0.05, 0) is 54.4 Å². The van der Waals surface area contributed by atoms with Crippen LogP contribution in [0.3, 0.4) is 0 Å². The molecule has 0 aromatic heterocycles. The third-order valence-corrected chi connectivity index (χ3v) is 5.22. The highest BCUT2D eigenvalue weighted by molar-refractivity contribution is 5.84. The van der Waals surface area contributed by atoms with Gasteiger partial charge in [0.15, 0.2) is 11.5 Å². The van der Waals surface area contributed by atoms with Crippen molar-refractivity contribution in [3.63, 3.8) is 0 Å². The molecule has 0 unspecified atom stereocenters. The first-order valence-electron chi connectivity index (χ1n) is 12.0. The fourth-order valence-electron chi connectivity index (χ4n) is 2.91. The number of hydrogen-bond acceptors (Lipinski definition) is 3. The van der Waals surface area contributed by atoms with E-state index >= 15 is 0 Å². The van der Waals surface area contributed by atoms with Crippen molar-refractivity contribution < 1.29 is 9.47 Å². The van der Waals surface area contributed by atoms with Gasteiger partial charge in [0.05, 0.1) is 13.7 Å². The molecule has 1 aliphatic carbocycles. The van der Waals surface area contributed by atoms with Crippen LogP contribution >= 0.6 is 0 Å². The van der Waals surface area contributed by atoms with Gasteiger partial charge in [-0.25, -0.2) is 0 Å². The van der Waals surface area contributed by atoms with Crippen molar-refractivity contribution in [2.45, 2.75) is 93.4 Å². The van der Waals surface area contributed by atoms with Crippen molar-refractivity contribution in [3.8, 4) is 11.5 Å². The van der Waals surface area contributed by atoms with Gasteiger partial charge in [0.1, 0.15) is 0 Å². The fraction of sp³-hybridized carbons (Fsp3) is 0.731. The molecule has 0 atom stereocenters. The van der Waals surface area contributed by atoms with E-state index in [0.717, 1.165) is 54.9 Å². The summed E-state index contributed by atoms with van der Waals surface area (Å²) in [7, 11) is 1.70. The molecule has 0 amide bonds. The van der Waals surface area contributed by atoms with E-state index in [9.17, 15) is 0 Å². The lowest BCUT2D eigenvalue weighted by atomic mass is 9.82. The van der Waals surface area contributed by atoms with Gasteiger partial charge in [-0.3, -0.25) is 4.99 Å². The molecule has 2 aliphatic rings. The Kier molecular flexibility index (Phi) is 16.5. The van der Waals surface area contributed by atoms with Crippen molar-refractivity contribution in [1.82, 2.24) is 0 Å². The van der Waals surface area contributed by atoms with Crippen molar-refractivity contribution in [2.75, 3.05) is 20.3 Å². The van der Waals surface area contributed by atoms with E-state index < -0.39 is 0 Å². The highest BCUT2D eigenvalue weighted by Gasteiger charge is 2.17. The van der Waals surface area contributed by atoms with Gasteiger partial charge in [0.2, 0.25) is 0 Å². The van der Waals surface area contributed by atoms with Gasteiger partial charge in [-0.15, -0.1) is 0 Å². The minimum absolute atomic E-state index is 0.791. The van der Waals surface area contributed by atoms with Crippen LogP contribution in [0.5, 0.6) is 11.5 Å². The molecule has 29 heavy (non-hydrogen) atoms. The molecule has 1 saturated carbocycles. The quantitative estimate of drug-likeness (QED) is 0.434. The SMILES string of the molecule is CC.CC.CCC(C)C.COc1cc2c(cc1OCCCC1CCC1)CCN=C2. The molecule has 1 heterocycles. The summed E-state index contributed by atoms with van der Waals surface area (Å²) in [4.78, 5) is 4.31. The van der Waals surface area contributed by atoms with Crippen molar-refractivity contribution in [1.29, 1.82) is 0 Å². The Morgan fingerprint density at radius 3 is 2.24 bits per heavy atom. The number of ether oxygens (including phenoxy) is 2. The van der Waals surface area contributed by atoms with E-state index in [2.05, 4.69) is 31.8 Å². The number of nitrogens with zero attached hydrogens (tertiary/aromatic N) is 1. The number of hydrogen-bond donors (Lipinski definition) is 0. The Morgan fingerprint density at radius 1 is 1.07 bits per heavy atom. The molecule has 1 aliphatic heterocycles. The molecule has 3 heteroatoms. The normalized spacial score (nSPS) is 14.1. The fourth-order valence-corrected chi connectivity index (χ4v) is 2.91. The largest absolute Gasteiger partial charge is 0.493 e. The summed E-state index contributed by atoms with van der Waals surface area (Å²) in [6.07, 6.45) is 10.9. The second-order valence-electron chi connectivity index (χ2n) is 7.58. The Bertz CT molecular complexity index is 548. The summed E-state index contributed by atoms with van der Waals surface area (Å²) in [5.41, 5.74) is 2.48. The number of rotatable bonds is 7. The van der Waals surface area contributed by atoms with Gasteiger partial charge in [0.25, 0.3) is 0 Å². The summed E-state index contributed by atoms with van der Waals surface area (Å²) in [6.45, 7) is 16.3. The van der Waals surface area contributed by atoms with Crippen LogP contribution in [0.1, 0.15) is 98.1 Å². The predicted octanol–water partition coefficient (Wildman–Crippen LogP) is 7.73. The maximum Gasteiger partial charge on any atom is 0.161 e. The third kappa shape index (κ3) is 10.7. The molecule has 0 bridgehead atoms. The Hall–Kier alpha value is -1.51. The lowest BCUT2D eigenvalue weighted by molar-refractivity contribution is 0.241. The molecular formula is C26H47NO2. The standard InChI is InChI=1S/C17H23NO2.C5H12.2C2H6/c1-19-16-11-15-12-18-8-7-14(15)10-17(16)20-9-3-6-13-4-2-5-13;1-4-5(2)3;2*1-2/h10-13H,2-9H2,1H3;5H,4H2,1-3H3;2*1-2H3. The van der Waals surface area contributed by atoms with Gasteiger partial charge >= 0.3 is 0 Å². The molecule has 3 rings (SSSR count). The van der Waals surface area contributed by atoms with E-state index in [0.29, 0.717) is 0 Å². The zero-order valence-electron chi connectivity index (χ0n) is 20.5. The van der Waals surface area contributed by atoms with Crippen LogP contribution in [0.15, 0.2) is 17.1 Å². The third-order valence-electron chi connectivity index (χ3n) is 5.22. The zero-order valence-corrected chi connectivity index (χ0v) is 20.5. The summed E-state index contributed by atoms with van der Waals surface area (Å²) < 4.78 is 11.4. The first-order valence-corrected chi connectivity index (χ1v) is 12.0. The molecule has 0 saturated heterocycles. The zero-order chi connectivity index (χ0) is 22.1. The van der Waals surface area contributed by atoms with Crippen LogP contribution < -0.4 is 9.47 Å². The number of fused-ring (bicyclic) bond motifs is 1. The predicted molar refractivity (Wildman–Crippen MR) is 129 cm³/mol. The van der Waals surface area contributed by atoms with E-state index in [4.69, 9.17) is 9.47 Å². The van der Waals surface area contributed by atoms with Crippen LogP contribution in [-0.4, -0.2) is 26.5 Å². The van der Waals surface area contributed by atoms with Crippen LogP contribution in [0.25, 0.3) is 0 Å². The minimum atomic E-state index is 0.791. The second kappa shape index (κ2) is 17.4. The van der Waals surface area contributed by atoms with Crippen LogP contribution in [0, 0.1) is 11.8 Å². The number of methoxy groups -OCH3 is 1. The number of aliphatic imine (C=N–C) groups is 1. The first kappa shape index (κ1) is 27.5. The summed E-state index contributed by atoms with van der Waals surface area (Å²) in [5, 5.41) is 0. The molecule has 1 aromatic rings. The van der Waals surface area contributed by atoms with Crippen molar-refractivity contribution >= 4 is 6.21 Å². The van der Waals surface area contributed by atoms with Gasteiger partial charge < -0.3 is 9.47 Å². The molecule has 0 N–H and O–H groups in total. The maximum absolute atomic E-state index is 5.94. The number of benzene rings is 1. The first-order chi connectivity index (χ1) is 14.1. The highest BCUT2D eigenvalue weighted by Crippen LogP contribution is 2.33. The van der Waals surface area contributed by atoms with Crippen LogP contribution in [0.2, 0.25) is 0 Å². The smallest absolute Gasteiger partial charge is 0.161 e. The molecule has 0 spiro atoms. The molecule has 3 nitrogen and oxygen atoms in total. The average molecular weight is 406 g/mol. The summed E-state index contributed by atoms with van der Waals surface area (Å²) >= 11 is 0. The molecular weight excluding hydrogens is 358 g/mol. The van der Waals surface area contributed by atoms with E-state index in [-0.39, 0.29) is 0 Å².